The lowest BCUT2D eigenvalue weighted by Gasteiger charge is -2.25. The summed E-state index contributed by atoms with van der Waals surface area (Å²) < 4.78 is 10.5. The largest absolute Gasteiger partial charge is 0.504 e. The SMILES string of the molecule is CCOCCN(C)C(C)c1ccc(O)c(OC)c1. The maximum absolute atomic E-state index is 9.57. The van der Waals surface area contributed by atoms with E-state index in [1.807, 2.05) is 19.1 Å². The number of phenols is 1. The zero-order valence-corrected chi connectivity index (χ0v) is 11.6. The summed E-state index contributed by atoms with van der Waals surface area (Å²) >= 11 is 0. The third-order valence-electron chi connectivity index (χ3n) is 3.14. The number of methoxy groups -OCH3 is 1. The van der Waals surface area contributed by atoms with E-state index in [4.69, 9.17) is 9.47 Å². The topological polar surface area (TPSA) is 41.9 Å². The molecule has 1 rings (SSSR count). The maximum Gasteiger partial charge on any atom is 0.160 e. The van der Waals surface area contributed by atoms with Gasteiger partial charge in [0.1, 0.15) is 0 Å². The van der Waals surface area contributed by atoms with Crippen LogP contribution < -0.4 is 4.74 Å². The number of rotatable bonds is 7. The van der Waals surface area contributed by atoms with Crippen LogP contribution >= 0.6 is 0 Å². The van der Waals surface area contributed by atoms with Crippen molar-refractivity contribution in [2.75, 3.05) is 33.9 Å². The van der Waals surface area contributed by atoms with E-state index in [-0.39, 0.29) is 11.8 Å². The van der Waals surface area contributed by atoms with Crippen molar-refractivity contribution < 1.29 is 14.6 Å². The van der Waals surface area contributed by atoms with Crippen LogP contribution in [0.3, 0.4) is 0 Å². The van der Waals surface area contributed by atoms with Crippen molar-refractivity contribution >= 4 is 0 Å². The Morgan fingerprint density at radius 3 is 2.72 bits per heavy atom. The van der Waals surface area contributed by atoms with E-state index < -0.39 is 0 Å². The fourth-order valence-electron chi connectivity index (χ4n) is 1.76. The summed E-state index contributed by atoms with van der Waals surface area (Å²) in [5, 5.41) is 9.57. The number of likely N-dealkylation sites (N-methyl/N-ethyl adjacent to an activating group) is 1. The molecule has 1 N–H and O–H groups in total. The summed E-state index contributed by atoms with van der Waals surface area (Å²) in [5.74, 6) is 0.683. The first-order chi connectivity index (χ1) is 8.60. The Balaban J connectivity index is 2.67. The maximum atomic E-state index is 9.57. The van der Waals surface area contributed by atoms with Gasteiger partial charge in [0.25, 0.3) is 0 Å². The summed E-state index contributed by atoms with van der Waals surface area (Å²) in [5.41, 5.74) is 1.11. The van der Waals surface area contributed by atoms with Gasteiger partial charge in [0.2, 0.25) is 0 Å². The summed E-state index contributed by atoms with van der Waals surface area (Å²) in [6.45, 7) is 6.46. The second-order valence-electron chi connectivity index (χ2n) is 4.28. The number of hydrogen-bond donors (Lipinski definition) is 1. The van der Waals surface area contributed by atoms with Crippen LogP contribution in [0, 0.1) is 0 Å². The van der Waals surface area contributed by atoms with Crippen LogP contribution in [0.5, 0.6) is 11.5 Å². The van der Waals surface area contributed by atoms with E-state index in [9.17, 15) is 5.11 Å². The fourth-order valence-corrected chi connectivity index (χ4v) is 1.76. The third-order valence-corrected chi connectivity index (χ3v) is 3.14. The van der Waals surface area contributed by atoms with Gasteiger partial charge >= 0.3 is 0 Å². The third kappa shape index (κ3) is 3.89. The van der Waals surface area contributed by atoms with E-state index in [0.29, 0.717) is 5.75 Å². The Labute approximate surface area is 109 Å². The van der Waals surface area contributed by atoms with Gasteiger partial charge in [-0.25, -0.2) is 0 Å². The van der Waals surface area contributed by atoms with Gasteiger partial charge in [0.05, 0.1) is 13.7 Å². The molecule has 0 spiro atoms. The molecule has 0 radical (unpaired) electrons. The van der Waals surface area contributed by atoms with Crippen LogP contribution in [-0.2, 0) is 4.74 Å². The van der Waals surface area contributed by atoms with Crippen LogP contribution in [0.25, 0.3) is 0 Å². The highest BCUT2D eigenvalue weighted by Gasteiger charge is 2.13. The second-order valence-corrected chi connectivity index (χ2v) is 4.28. The predicted molar refractivity (Wildman–Crippen MR) is 72.2 cm³/mol. The standard InChI is InChI=1S/C14H23NO3/c1-5-18-9-8-15(3)11(2)12-6-7-13(16)14(10-12)17-4/h6-7,10-11,16H,5,8-9H2,1-4H3. The minimum atomic E-state index is 0.172. The smallest absolute Gasteiger partial charge is 0.160 e. The normalized spacial score (nSPS) is 12.7. The highest BCUT2D eigenvalue weighted by Crippen LogP contribution is 2.30. The zero-order chi connectivity index (χ0) is 13.5. The Bertz CT molecular complexity index is 368. The zero-order valence-electron chi connectivity index (χ0n) is 11.6. The Morgan fingerprint density at radius 1 is 1.39 bits per heavy atom. The average molecular weight is 253 g/mol. The highest BCUT2D eigenvalue weighted by molar-refractivity contribution is 5.42. The Hall–Kier alpha value is -1.26. The minimum absolute atomic E-state index is 0.172. The molecule has 0 bridgehead atoms. The van der Waals surface area contributed by atoms with Gasteiger partial charge in [0, 0.05) is 19.2 Å². The summed E-state index contributed by atoms with van der Waals surface area (Å²) in [7, 11) is 3.62. The first kappa shape index (κ1) is 14.8. The number of nitrogens with zero attached hydrogens (tertiary/aromatic N) is 1. The molecule has 4 heteroatoms. The average Bonchev–Trinajstić information content (AvgIpc) is 2.38. The fraction of sp³-hybridized carbons (Fsp3) is 0.571. The van der Waals surface area contributed by atoms with Crippen molar-refractivity contribution in [1.29, 1.82) is 0 Å². The molecule has 1 unspecified atom stereocenters. The monoisotopic (exact) mass is 253 g/mol. The number of aromatic hydroxyl groups is 1. The van der Waals surface area contributed by atoms with Crippen LogP contribution in [0.1, 0.15) is 25.5 Å². The van der Waals surface area contributed by atoms with Crippen molar-refractivity contribution in [3.63, 3.8) is 0 Å². The highest BCUT2D eigenvalue weighted by atomic mass is 16.5. The lowest BCUT2D eigenvalue weighted by molar-refractivity contribution is 0.110. The van der Waals surface area contributed by atoms with Gasteiger partial charge in [-0.15, -0.1) is 0 Å². The van der Waals surface area contributed by atoms with Crippen LogP contribution in [0.15, 0.2) is 18.2 Å². The van der Waals surface area contributed by atoms with Crippen LogP contribution in [-0.4, -0.2) is 43.9 Å². The number of phenolic OH excluding ortho intramolecular Hbond substituents is 1. The van der Waals surface area contributed by atoms with Gasteiger partial charge in [0.15, 0.2) is 11.5 Å². The first-order valence-corrected chi connectivity index (χ1v) is 6.25. The first-order valence-electron chi connectivity index (χ1n) is 6.25. The van der Waals surface area contributed by atoms with E-state index in [1.165, 1.54) is 0 Å². The summed E-state index contributed by atoms with van der Waals surface area (Å²) in [4.78, 5) is 2.21. The molecule has 0 saturated carbocycles. The predicted octanol–water partition coefficient (Wildman–Crippen LogP) is 2.43. The molecule has 1 aromatic rings. The summed E-state index contributed by atoms with van der Waals surface area (Å²) in [6.07, 6.45) is 0. The molecule has 0 heterocycles. The van der Waals surface area contributed by atoms with E-state index in [2.05, 4.69) is 18.9 Å². The number of ether oxygens (including phenoxy) is 2. The molecule has 0 amide bonds. The van der Waals surface area contributed by atoms with Crippen LogP contribution in [0.4, 0.5) is 0 Å². The number of benzene rings is 1. The van der Waals surface area contributed by atoms with E-state index in [0.717, 1.165) is 25.3 Å². The molecule has 0 aliphatic carbocycles. The molecule has 102 valence electrons. The molecule has 4 nitrogen and oxygen atoms in total. The van der Waals surface area contributed by atoms with Gasteiger partial charge in [-0.3, -0.25) is 4.90 Å². The molecule has 18 heavy (non-hydrogen) atoms. The van der Waals surface area contributed by atoms with Crippen molar-refractivity contribution in [3.8, 4) is 11.5 Å². The molecular weight excluding hydrogens is 230 g/mol. The van der Waals surface area contributed by atoms with Gasteiger partial charge < -0.3 is 14.6 Å². The Morgan fingerprint density at radius 2 is 2.11 bits per heavy atom. The van der Waals surface area contributed by atoms with Crippen molar-refractivity contribution in [2.24, 2.45) is 0 Å². The van der Waals surface area contributed by atoms with Crippen LogP contribution in [0.2, 0.25) is 0 Å². The summed E-state index contributed by atoms with van der Waals surface area (Å²) in [6, 6.07) is 5.71. The molecule has 0 aliphatic heterocycles. The van der Waals surface area contributed by atoms with Crippen molar-refractivity contribution in [1.82, 2.24) is 4.90 Å². The second kappa shape index (κ2) is 7.24. The van der Waals surface area contributed by atoms with E-state index in [1.54, 1.807) is 13.2 Å². The minimum Gasteiger partial charge on any atom is -0.504 e. The molecular formula is C14H23NO3. The van der Waals surface area contributed by atoms with Crippen molar-refractivity contribution in [2.45, 2.75) is 19.9 Å². The molecule has 0 fully saturated rings. The van der Waals surface area contributed by atoms with Gasteiger partial charge in [-0.05, 0) is 38.6 Å². The lowest BCUT2D eigenvalue weighted by Crippen LogP contribution is -2.26. The molecule has 1 atom stereocenters. The quantitative estimate of drug-likeness (QED) is 0.758. The molecule has 0 saturated heterocycles. The number of hydrogen-bond acceptors (Lipinski definition) is 4. The lowest BCUT2D eigenvalue weighted by atomic mass is 10.1. The molecule has 0 aromatic heterocycles. The Kier molecular flexibility index (Phi) is 5.95. The van der Waals surface area contributed by atoms with E-state index >= 15 is 0 Å². The van der Waals surface area contributed by atoms with Gasteiger partial charge in [-0.1, -0.05) is 6.07 Å². The van der Waals surface area contributed by atoms with Crippen molar-refractivity contribution in [3.05, 3.63) is 23.8 Å². The molecule has 0 aliphatic rings. The van der Waals surface area contributed by atoms with Gasteiger partial charge in [-0.2, -0.15) is 0 Å². The molecule has 1 aromatic carbocycles.